The zero-order chi connectivity index (χ0) is 9.35. The fourth-order valence-corrected chi connectivity index (χ4v) is 1.94. The molecule has 1 rings (SSSR count). The first kappa shape index (κ1) is 10.2. The van der Waals surface area contributed by atoms with E-state index in [2.05, 4.69) is 4.52 Å². The molecule has 5 nitrogen and oxygen atoms in total. The van der Waals surface area contributed by atoms with E-state index >= 15 is 0 Å². The van der Waals surface area contributed by atoms with Gasteiger partial charge in [-0.25, -0.2) is 4.57 Å². The second-order valence-corrected chi connectivity index (χ2v) is 4.21. The van der Waals surface area contributed by atoms with Gasteiger partial charge in [0.05, 0.1) is 12.2 Å². The fraction of sp³-hybridized carbons (Fsp3) is 1.00. The first-order chi connectivity index (χ1) is 5.38. The Kier molecular flexibility index (Phi) is 2.96. The molecule has 3 atom stereocenters. The Labute approximate surface area is 71.7 Å². The van der Waals surface area contributed by atoms with E-state index in [1.165, 1.54) is 0 Å². The van der Waals surface area contributed by atoms with Crippen molar-refractivity contribution in [2.24, 2.45) is 0 Å². The normalized spacial score (nSPS) is 37.1. The highest BCUT2D eigenvalue weighted by Crippen LogP contribution is 2.41. The Morgan fingerprint density at radius 3 is 2.58 bits per heavy atom. The highest BCUT2D eigenvalue weighted by Gasteiger charge is 2.34. The molecule has 0 aliphatic carbocycles. The van der Waals surface area contributed by atoms with Crippen LogP contribution in [0.1, 0.15) is 13.3 Å². The smallest absolute Gasteiger partial charge is 0.381 e. The van der Waals surface area contributed by atoms with Crippen LogP contribution in [-0.2, 0) is 13.8 Å². The number of phosphoric acid groups is 1. The van der Waals surface area contributed by atoms with E-state index in [1.54, 1.807) is 6.92 Å². The van der Waals surface area contributed by atoms with Gasteiger partial charge in [0.2, 0.25) is 0 Å². The Balaban J connectivity index is 2.49. The monoisotopic (exact) mass is 194 g/mol. The summed E-state index contributed by atoms with van der Waals surface area (Å²) in [6, 6.07) is 0.0107. The topological polar surface area (TPSA) is 76.0 Å². The molecular formula is C5H12BO5P. The second-order valence-electron chi connectivity index (χ2n) is 3.02. The lowest BCUT2D eigenvalue weighted by atomic mass is 9.96. The van der Waals surface area contributed by atoms with Gasteiger partial charge in [-0.15, -0.1) is 0 Å². The molecule has 1 aliphatic heterocycles. The summed E-state index contributed by atoms with van der Waals surface area (Å²) in [5, 5.41) is 0. The third kappa shape index (κ3) is 2.88. The van der Waals surface area contributed by atoms with Gasteiger partial charge in [0.15, 0.2) is 0 Å². The van der Waals surface area contributed by atoms with Crippen molar-refractivity contribution >= 4 is 15.7 Å². The fourth-order valence-electron chi connectivity index (χ4n) is 1.33. The molecule has 0 aromatic heterocycles. The third-order valence-corrected chi connectivity index (χ3v) is 2.35. The molecule has 12 heavy (non-hydrogen) atoms. The number of rotatable bonds is 2. The molecule has 0 radical (unpaired) electrons. The minimum atomic E-state index is -4.36. The average Bonchev–Trinajstić information content (AvgIpc) is 2.06. The summed E-state index contributed by atoms with van der Waals surface area (Å²) in [7, 11) is -2.51. The summed E-state index contributed by atoms with van der Waals surface area (Å²) in [6.07, 6.45) is -0.194. The van der Waals surface area contributed by atoms with Gasteiger partial charge in [-0.3, -0.25) is 4.52 Å². The maximum absolute atomic E-state index is 10.5. The van der Waals surface area contributed by atoms with Crippen LogP contribution >= 0.6 is 7.82 Å². The molecule has 7 heteroatoms. The van der Waals surface area contributed by atoms with Crippen LogP contribution in [0, 0.1) is 0 Å². The van der Waals surface area contributed by atoms with Gasteiger partial charge in [0.25, 0.3) is 0 Å². The summed E-state index contributed by atoms with van der Waals surface area (Å²) < 4.78 is 20.2. The molecule has 1 heterocycles. The van der Waals surface area contributed by atoms with E-state index < -0.39 is 13.9 Å². The SMILES string of the molecule is BC1CC(OP(=O)(O)O)C(C)O1. The van der Waals surface area contributed by atoms with Gasteiger partial charge in [0, 0.05) is 6.00 Å². The van der Waals surface area contributed by atoms with E-state index in [-0.39, 0.29) is 12.1 Å². The molecule has 0 aromatic rings. The van der Waals surface area contributed by atoms with Gasteiger partial charge in [-0.2, -0.15) is 0 Å². The predicted molar refractivity (Wildman–Crippen MR) is 44.4 cm³/mol. The summed E-state index contributed by atoms with van der Waals surface area (Å²) in [5.74, 6) is 0. The summed E-state index contributed by atoms with van der Waals surface area (Å²) in [4.78, 5) is 17.0. The van der Waals surface area contributed by atoms with Crippen LogP contribution in [0.25, 0.3) is 0 Å². The first-order valence-corrected chi connectivity index (χ1v) is 5.31. The molecular weight excluding hydrogens is 182 g/mol. The summed E-state index contributed by atoms with van der Waals surface area (Å²) >= 11 is 0. The lowest BCUT2D eigenvalue weighted by molar-refractivity contribution is 0.0418. The summed E-state index contributed by atoms with van der Waals surface area (Å²) in [5.41, 5.74) is 0. The second kappa shape index (κ2) is 3.48. The van der Waals surface area contributed by atoms with E-state index in [4.69, 9.17) is 14.5 Å². The molecule has 70 valence electrons. The molecule has 2 N–H and O–H groups in total. The third-order valence-electron chi connectivity index (χ3n) is 1.81. The van der Waals surface area contributed by atoms with Gasteiger partial charge in [0.1, 0.15) is 7.85 Å². The Morgan fingerprint density at radius 1 is 1.67 bits per heavy atom. The lowest BCUT2D eigenvalue weighted by Gasteiger charge is -2.14. The standard InChI is InChI=1S/C5H12BO5P/c1-3-4(2-5(6)10-3)11-12(7,8)9/h3-5H,2,6H2,1H3,(H2,7,8,9). The van der Waals surface area contributed by atoms with Crippen molar-refractivity contribution in [2.75, 3.05) is 0 Å². The van der Waals surface area contributed by atoms with Crippen molar-refractivity contribution in [2.45, 2.75) is 31.6 Å². The van der Waals surface area contributed by atoms with E-state index in [9.17, 15) is 4.57 Å². The molecule has 0 spiro atoms. The van der Waals surface area contributed by atoms with Crippen LogP contribution in [0.4, 0.5) is 0 Å². The average molecular weight is 194 g/mol. The molecule has 0 saturated carbocycles. The molecule has 0 bridgehead atoms. The van der Waals surface area contributed by atoms with Gasteiger partial charge in [-0.1, -0.05) is 0 Å². The number of hydrogen-bond acceptors (Lipinski definition) is 3. The van der Waals surface area contributed by atoms with E-state index in [1.807, 2.05) is 7.85 Å². The molecule has 0 aromatic carbocycles. The first-order valence-electron chi connectivity index (χ1n) is 3.78. The predicted octanol–water partition coefficient (Wildman–Crippen LogP) is -0.768. The van der Waals surface area contributed by atoms with Gasteiger partial charge in [-0.05, 0) is 13.3 Å². The maximum atomic E-state index is 10.5. The van der Waals surface area contributed by atoms with Crippen molar-refractivity contribution in [1.29, 1.82) is 0 Å². The Bertz CT molecular complexity index is 204. The zero-order valence-electron chi connectivity index (χ0n) is 7.01. The quantitative estimate of drug-likeness (QED) is 0.446. The van der Waals surface area contributed by atoms with Crippen molar-refractivity contribution in [3.8, 4) is 0 Å². The maximum Gasteiger partial charge on any atom is 0.469 e. The Hall–Kier alpha value is 0.135. The lowest BCUT2D eigenvalue weighted by Crippen LogP contribution is -2.19. The van der Waals surface area contributed by atoms with Crippen molar-refractivity contribution in [1.82, 2.24) is 0 Å². The summed E-state index contributed by atoms with van der Waals surface area (Å²) in [6.45, 7) is 1.74. The van der Waals surface area contributed by atoms with Crippen LogP contribution in [-0.4, -0.2) is 35.8 Å². The van der Waals surface area contributed by atoms with Crippen LogP contribution in [0.15, 0.2) is 0 Å². The highest BCUT2D eigenvalue weighted by molar-refractivity contribution is 7.46. The van der Waals surface area contributed by atoms with Crippen molar-refractivity contribution in [3.63, 3.8) is 0 Å². The molecule has 1 fully saturated rings. The van der Waals surface area contributed by atoms with E-state index in [0.29, 0.717) is 6.42 Å². The molecule has 1 aliphatic rings. The van der Waals surface area contributed by atoms with Crippen LogP contribution in [0.5, 0.6) is 0 Å². The van der Waals surface area contributed by atoms with Crippen LogP contribution < -0.4 is 0 Å². The van der Waals surface area contributed by atoms with Crippen molar-refractivity contribution < 1.29 is 23.6 Å². The van der Waals surface area contributed by atoms with E-state index in [0.717, 1.165) is 0 Å². The van der Waals surface area contributed by atoms with Crippen molar-refractivity contribution in [3.05, 3.63) is 0 Å². The molecule has 3 unspecified atom stereocenters. The largest absolute Gasteiger partial charge is 0.469 e. The van der Waals surface area contributed by atoms with Gasteiger partial charge < -0.3 is 14.5 Å². The zero-order valence-corrected chi connectivity index (χ0v) is 7.90. The van der Waals surface area contributed by atoms with Crippen LogP contribution in [0.3, 0.4) is 0 Å². The number of hydrogen-bond donors (Lipinski definition) is 2. The Morgan fingerprint density at radius 2 is 2.25 bits per heavy atom. The van der Waals surface area contributed by atoms with Crippen LogP contribution in [0.2, 0.25) is 0 Å². The number of phosphoric ester groups is 1. The van der Waals surface area contributed by atoms with Gasteiger partial charge >= 0.3 is 7.82 Å². The number of ether oxygens (including phenoxy) is 1. The molecule has 0 amide bonds. The highest BCUT2D eigenvalue weighted by atomic mass is 31.2. The molecule has 1 saturated heterocycles. The minimum absolute atomic E-state index is 0.0107. The minimum Gasteiger partial charge on any atom is -0.381 e.